The Morgan fingerprint density at radius 2 is 1.96 bits per heavy atom. The van der Waals surface area contributed by atoms with Crippen molar-refractivity contribution in [2.75, 3.05) is 32.5 Å². The van der Waals surface area contributed by atoms with Crippen molar-refractivity contribution in [1.29, 1.82) is 0 Å². The molecule has 0 saturated carbocycles. The van der Waals surface area contributed by atoms with Crippen LogP contribution in [0.1, 0.15) is 20.3 Å². The zero-order valence-electron chi connectivity index (χ0n) is 13.4. The molecule has 23 heavy (non-hydrogen) atoms. The maximum Gasteiger partial charge on any atom is 0.469 e. The van der Waals surface area contributed by atoms with E-state index in [1.54, 1.807) is 0 Å². The fourth-order valence-electron chi connectivity index (χ4n) is 1.54. The monoisotopic (exact) mass is 372 g/mol. The van der Waals surface area contributed by atoms with Gasteiger partial charge in [-0.25, -0.2) is 4.57 Å². The smallest absolute Gasteiger partial charge is 0.383 e. The van der Waals surface area contributed by atoms with Crippen LogP contribution in [0.15, 0.2) is 0 Å². The maximum atomic E-state index is 12.1. The minimum Gasteiger partial charge on any atom is -0.383 e. The number of aliphatic hydroxyl groups is 1. The molecule has 4 N–H and O–H groups in total. The van der Waals surface area contributed by atoms with Gasteiger partial charge in [0.15, 0.2) is 0 Å². The number of nitrogens with one attached hydrogen (secondary N) is 1. The van der Waals surface area contributed by atoms with Crippen LogP contribution in [0.5, 0.6) is 0 Å². The number of phosphoric ester groups is 1. The maximum absolute atomic E-state index is 12.1. The van der Waals surface area contributed by atoms with E-state index in [1.807, 2.05) is 0 Å². The number of rotatable bonds is 10. The van der Waals surface area contributed by atoms with Gasteiger partial charge in [0.2, 0.25) is 5.91 Å². The van der Waals surface area contributed by atoms with Gasteiger partial charge in [0.25, 0.3) is 5.91 Å². The number of likely N-dealkylation sites (N-methyl/N-ethyl adjacent to an activating group) is 1. The van der Waals surface area contributed by atoms with E-state index in [0.717, 1.165) is 0 Å². The van der Waals surface area contributed by atoms with Crippen molar-refractivity contribution in [1.82, 2.24) is 10.2 Å². The topological polar surface area (TPSA) is 136 Å². The van der Waals surface area contributed by atoms with E-state index in [4.69, 9.17) is 9.79 Å². The van der Waals surface area contributed by atoms with E-state index in [1.165, 1.54) is 25.8 Å². The molecule has 0 saturated heterocycles. The Morgan fingerprint density at radius 3 is 2.43 bits per heavy atom. The van der Waals surface area contributed by atoms with E-state index in [-0.39, 0.29) is 18.9 Å². The molecule has 0 aromatic rings. The van der Waals surface area contributed by atoms with Crippen molar-refractivity contribution in [2.45, 2.75) is 26.4 Å². The lowest BCUT2D eigenvalue weighted by Gasteiger charge is -2.32. The van der Waals surface area contributed by atoms with Crippen LogP contribution in [0.3, 0.4) is 0 Å². The summed E-state index contributed by atoms with van der Waals surface area (Å²) >= 11 is 3.96. The van der Waals surface area contributed by atoms with Gasteiger partial charge in [-0.3, -0.25) is 14.1 Å². The minimum absolute atomic E-state index is 0.0716. The lowest BCUT2D eigenvalue weighted by Crippen LogP contribution is -2.47. The highest BCUT2D eigenvalue weighted by atomic mass is 32.1. The number of nitrogens with zero attached hydrogens (tertiary/aromatic N) is 1. The van der Waals surface area contributed by atoms with Crippen molar-refractivity contribution in [3.8, 4) is 0 Å². The van der Waals surface area contributed by atoms with Crippen LogP contribution < -0.4 is 5.32 Å². The molecule has 0 radical (unpaired) electrons. The Kier molecular flexibility index (Phi) is 9.34. The van der Waals surface area contributed by atoms with Gasteiger partial charge in [-0.2, -0.15) is 12.6 Å². The second kappa shape index (κ2) is 9.61. The summed E-state index contributed by atoms with van der Waals surface area (Å²) in [6.45, 7) is 2.91. The molecule has 0 aromatic heterocycles. The third-order valence-electron chi connectivity index (χ3n) is 3.06. The lowest BCUT2D eigenvalue weighted by atomic mass is 9.87. The Morgan fingerprint density at radius 1 is 1.39 bits per heavy atom. The van der Waals surface area contributed by atoms with Crippen molar-refractivity contribution in [2.24, 2.45) is 5.41 Å². The first-order valence-corrected chi connectivity index (χ1v) is 9.07. The van der Waals surface area contributed by atoms with Gasteiger partial charge in [0, 0.05) is 37.7 Å². The quantitative estimate of drug-likeness (QED) is 0.255. The van der Waals surface area contributed by atoms with Gasteiger partial charge in [0.1, 0.15) is 6.10 Å². The standard InChI is InChI=1S/C12H25N2O7PS/c1-12(2,8-21-22(18,19)20)10(16)11(17)14(3)6-4-9(15)13-5-7-23/h10,16,23H,4-8H2,1-3H3,(H,13,15)(H2,18,19,20)/t10-/m0/s1. The first kappa shape index (κ1) is 22.4. The lowest BCUT2D eigenvalue weighted by molar-refractivity contribution is -0.146. The Hall–Kier alpha value is -0.640. The number of hydrogen-bond acceptors (Lipinski definition) is 6. The highest BCUT2D eigenvalue weighted by molar-refractivity contribution is 7.80. The van der Waals surface area contributed by atoms with Crippen LogP contribution in [-0.4, -0.2) is 70.2 Å². The van der Waals surface area contributed by atoms with Crippen LogP contribution in [0.25, 0.3) is 0 Å². The highest BCUT2D eigenvalue weighted by Gasteiger charge is 2.37. The van der Waals surface area contributed by atoms with E-state index in [9.17, 15) is 19.3 Å². The molecule has 0 bridgehead atoms. The van der Waals surface area contributed by atoms with Crippen molar-refractivity contribution >= 4 is 32.3 Å². The third kappa shape index (κ3) is 9.29. The Bertz CT molecular complexity index is 455. The number of carbonyl (C=O) groups is 2. The van der Waals surface area contributed by atoms with Crippen LogP contribution in [0.2, 0.25) is 0 Å². The molecule has 0 aliphatic carbocycles. The predicted octanol–water partition coefficient (Wildman–Crippen LogP) is -0.623. The number of carbonyl (C=O) groups excluding carboxylic acids is 2. The molecule has 0 rings (SSSR count). The Labute approximate surface area is 141 Å². The molecule has 2 amide bonds. The van der Waals surface area contributed by atoms with Crippen LogP contribution in [0, 0.1) is 5.41 Å². The number of amides is 2. The first-order chi connectivity index (χ1) is 10.4. The molecular weight excluding hydrogens is 347 g/mol. The summed E-state index contributed by atoms with van der Waals surface area (Å²) in [5.74, 6) is -0.393. The second-order valence-electron chi connectivity index (χ2n) is 5.74. The molecule has 9 nitrogen and oxygen atoms in total. The van der Waals surface area contributed by atoms with Crippen molar-refractivity contribution in [3.05, 3.63) is 0 Å². The summed E-state index contributed by atoms with van der Waals surface area (Å²) < 4.78 is 15.1. The van der Waals surface area contributed by atoms with E-state index >= 15 is 0 Å². The first-order valence-electron chi connectivity index (χ1n) is 6.91. The molecule has 136 valence electrons. The minimum atomic E-state index is -4.69. The van der Waals surface area contributed by atoms with Gasteiger partial charge in [-0.05, 0) is 0 Å². The van der Waals surface area contributed by atoms with Gasteiger partial charge in [0.05, 0.1) is 6.61 Å². The third-order valence-corrected chi connectivity index (χ3v) is 3.75. The zero-order chi connectivity index (χ0) is 18.3. The summed E-state index contributed by atoms with van der Waals surface area (Å²) in [4.78, 5) is 42.1. The van der Waals surface area contributed by atoms with E-state index in [0.29, 0.717) is 12.3 Å². The number of thiol groups is 1. The average Bonchev–Trinajstić information content (AvgIpc) is 2.46. The summed E-state index contributed by atoms with van der Waals surface area (Å²) in [7, 11) is -3.26. The van der Waals surface area contributed by atoms with Crippen LogP contribution in [0.4, 0.5) is 0 Å². The molecule has 0 spiro atoms. The summed E-state index contributed by atoms with van der Waals surface area (Å²) in [6.07, 6.45) is -1.46. The molecule has 0 heterocycles. The summed E-state index contributed by atoms with van der Waals surface area (Å²) in [5.41, 5.74) is -1.21. The van der Waals surface area contributed by atoms with Gasteiger partial charge in [-0.1, -0.05) is 13.8 Å². The van der Waals surface area contributed by atoms with Crippen molar-refractivity contribution < 1.29 is 33.6 Å². The SMILES string of the molecule is CN(CCC(=O)NCCS)C(=O)[C@H](O)C(C)(C)COP(=O)(O)O. The molecule has 0 unspecified atom stereocenters. The fraction of sp³-hybridized carbons (Fsp3) is 0.833. The van der Waals surface area contributed by atoms with Gasteiger partial charge >= 0.3 is 7.82 Å². The zero-order valence-corrected chi connectivity index (χ0v) is 15.2. The van der Waals surface area contributed by atoms with Gasteiger partial charge < -0.3 is 25.1 Å². The molecule has 0 aliphatic heterocycles. The second-order valence-corrected chi connectivity index (χ2v) is 7.43. The van der Waals surface area contributed by atoms with E-state index < -0.39 is 31.9 Å². The molecule has 0 aliphatic rings. The molecular formula is C12H25N2O7PS. The molecule has 0 fully saturated rings. The van der Waals surface area contributed by atoms with Crippen LogP contribution in [-0.2, 0) is 18.7 Å². The predicted molar refractivity (Wildman–Crippen MR) is 86.9 cm³/mol. The number of aliphatic hydroxyl groups excluding tert-OH is 1. The summed E-state index contributed by atoms with van der Waals surface area (Å²) in [5, 5.41) is 12.7. The van der Waals surface area contributed by atoms with Crippen LogP contribution >= 0.6 is 20.5 Å². The Balaban J connectivity index is 4.50. The highest BCUT2D eigenvalue weighted by Crippen LogP contribution is 2.39. The molecule has 1 atom stereocenters. The number of phosphoric acid groups is 1. The van der Waals surface area contributed by atoms with Crippen molar-refractivity contribution in [3.63, 3.8) is 0 Å². The fourth-order valence-corrected chi connectivity index (χ4v) is 2.15. The summed E-state index contributed by atoms with van der Waals surface area (Å²) in [6, 6.07) is 0. The average molecular weight is 372 g/mol. The van der Waals surface area contributed by atoms with Gasteiger partial charge in [-0.15, -0.1) is 0 Å². The molecule has 11 heteroatoms. The largest absolute Gasteiger partial charge is 0.469 e. The normalized spacial score (nSPS) is 13.5. The number of hydrogen-bond donors (Lipinski definition) is 5. The van der Waals surface area contributed by atoms with E-state index in [2.05, 4.69) is 22.5 Å². The molecule has 0 aromatic carbocycles.